The minimum Gasteiger partial charge on any atom is -0.497 e. The van der Waals surface area contributed by atoms with Crippen molar-refractivity contribution < 1.29 is 23.8 Å². The molecule has 0 unspecified atom stereocenters. The summed E-state index contributed by atoms with van der Waals surface area (Å²) in [5, 5.41) is 6.12. The molecule has 1 saturated heterocycles. The lowest BCUT2D eigenvalue weighted by Crippen LogP contribution is -2.20. The number of anilines is 1. The van der Waals surface area contributed by atoms with E-state index in [1.165, 1.54) is 11.8 Å². The zero-order chi connectivity index (χ0) is 26.2. The van der Waals surface area contributed by atoms with E-state index in [4.69, 9.17) is 14.2 Å². The summed E-state index contributed by atoms with van der Waals surface area (Å²) in [5.41, 5.74) is 3.17. The number of methoxy groups -OCH3 is 1. The molecule has 3 aromatic rings. The molecule has 2 N–H and O–H groups in total. The van der Waals surface area contributed by atoms with Gasteiger partial charge in [-0.05, 0) is 85.3 Å². The number of aryl methyl sites for hydroxylation is 1. The molecule has 4 rings (SSSR count). The number of amidine groups is 1. The highest BCUT2D eigenvalue weighted by molar-refractivity contribution is 8.18. The molecule has 0 saturated carbocycles. The second kappa shape index (κ2) is 12.1. The minimum absolute atomic E-state index is 0.168. The van der Waals surface area contributed by atoms with E-state index in [2.05, 4.69) is 15.6 Å². The number of aliphatic imine (C=N–C) groups is 1. The molecule has 37 heavy (non-hydrogen) atoms. The Bertz CT molecular complexity index is 1350. The Hall–Kier alpha value is -4.24. The molecule has 1 aliphatic rings. The Labute approximate surface area is 219 Å². The van der Waals surface area contributed by atoms with Crippen molar-refractivity contribution in [1.29, 1.82) is 0 Å². The van der Waals surface area contributed by atoms with E-state index >= 15 is 0 Å². The van der Waals surface area contributed by atoms with E-state index < -0.39 is 0 Å². The quantitative estimate of drug-likeness (QED) is 0.373. The third-order valence-electron chi connectivity index (χ3n) is 5.30. The maximum atomic E-state index is 12.5. The number of thioether (sulfide) groups is 1. The van der Waals surface area contributed by atoms with Crippen LogP contribution < -0.4 is 24.8 Å². The summed E-state index contributed by atoms with van der Waals surface area (Å²) in [5.74, 6) is 1.15. The highest BCUT2D eigenvalue weighted by atomic mass is 32.2. The summed E-state index contributed by atoms with van der Waals surface area (Å²) in [6, 6.07) is 20.1. The van der Waals surface area contributed by atoms with Crippen LogP contribution in [0.2, 0.25) is 0 Å². The van der Waals surface area contributed by atoms with Gasteiger partial charge in [0.05, 0.1) is 24.3 Å². The maximum Gasteiger partial charge on any atom is 0.264 e. The summed E-state index contributed by atoms with van der Waals surface area (Å²) >= 11 is 1.25. The summed E-state index contributed by atoms with van der Waals surface area (Å²) in [4.78, 5) is 29.9. The maximum absolute atomic E-state index is 12.5. The first-order chi connectivity index (χ1) is 17.9. The molecule has 1 fully saturated rings. The van der Waals surface area contributed by atoms with Crippen molar-refractivity contribution in [3.05, 3.63) is 82.8 Å². The predicted octanol–water partition coefficient (Wildman–Crippen LogP) is 5.31. The lowest BCUT2D eigenvalue weighted by Gasteiger charge is -2.13. The van der Waals surface area contributed by atoms with Gasteiger partial charge in [-0.25, -0.2) is 4.99 Å². The van der Waals surface area contributed by atoms with Gasteiger partial charge in [-0.15, -0.1) is 0 Å². The van der Waals surface area contributed by atoms with Gasteiger partial charge in [0.15, 0.2) is 23.3 Å². The van der Waals surface area contributed by atoms with Crippen LogP contribution in [0.3, 0.4) is 0 Å². The van der Waals surface area contributed by atoms with Crippen molar-refractivity contribution in [2.75, 3.05) is 25.6 Å². The van der Waals surface area contributed by atoms with Crippen LogP contribution in [0, 0.1) is 6.92 Å². The number of hydrogen-bond donors (Lipinski definition) is 2. The molecule has 0 aromatic heterocycles. The van der Waals surface area contributed by atoms with Gasteiger partial charge in [0.1, 0.15) is 5.75 Å². The second-order valence-corrected chi connectivity index (χ2v) is 9.00. The average Bonchev–Trinajstić information content (AvgIpc) is 3.23. The Morgan fingerprint density at radius 1 is 1.05 bits per heavy atom. The fourth-order valence-corrected chi connectivity index (χ4v) is 4.29. The van der Waals surface area contributed by atoms with Crippen molar-refractivity contribution in [1.82, 2.24) is 5.32 Å². The third kappa shape index (κ3) is 6.92. The van der Waals surface area contributed by atoms with E-state index in [0.29, 0.717) is 33.9 Å². The van der Waals surface area contributed by atoms with E-state index in [1.807, 2.05) is 62.4 Å². The molecule has 3 aromatic carbocycles. The average molecular weight is 518 g/mol. The summed E-state index contributed by atoms with van der Waals surface area (Å²) in [7, 11) is 1.60. The van der Waals surface area contributed by atoms with E-state index in [0.717, 1.165) is 22.6 Å². The largest absolute Gasteiger partial charge is 0.497 e. The Kier molecular flexibility index (Phi) is 8.48. The van der Waals surface area contributed by atoms with Gasteiger partial charge in [-0.1, -0.05) is 24.3 Å². The van der Waals surface area contributed by atoms with E-state index in [1.54, 1.807) is 31.4 Å². The van der Waals surface area contributed by atoms with Crippen molar-refractivity contribution in [3.63, 3.8) is 0 Å². The fraction of sp³-hybridized carbons (Fsp3) is 0.179. The molecular weight excluding hydrogens is 490 g/mol. The first kappa shape index (κ1) is 25.8. The molecule has 9 heteroatoms. The zero-order valence-electron chi connectivity index (χ0n) is 20.7. The van der Waals surface area contributed by atoms with Crippen LogP contribution in [0.25, 0.3) is 6.08 Å². The van der Waals surface area contributed by atoms with E-state index in [-0.39, 0.29) is 18.4 Å². The van der Waals surface area contributed by atoms with Crippen LogP contribution in [-0.2, 0) is 9.59 Å². The molecule has 1 aliphatic heterocycles. The molecule has 0 atom stereocenters. The highest BCUT2D eigenvalue weighted by Gasteiger charge is 2.24. The Morgan fingerprint density at radius 3 is 2.57 bits per heavy atom. The Morgan fingerprint density at radius 2 is 1.84 bits per heavy atom. The molecule has 0 spiro atoms. The smallest absolute Gasteiger partial charge is 0.264 e. The number of benzene rings is 3. The van der Waals surface area contributed by atoms with Gasteiger partial charge in [-0.2, -0.15) is 0 Å². The van der Waals surface area contributed by atoms with Crippen molar-refractivity contribution in [2.24, 2.45) is 4.99 Å². The number of para-hydroxylation sites is 1. The molecule has 1 heterocycles. The van der Waals surface area contributed by atoms with E-state index in [9.17, 15) is 9.59 Å². The van der Waals surface area contributed by atoms with Gasteiger partial charge in [0.25, 0.3) is 11.8 Å². The standard InChI is InChI=1S/C28H27N3O5S/c1-4-35-24-15-19(9-14-23(24)36-17-26(32)30-22-8-6-5-7-18(22)2)16-25-27(33)31-28(37-25)29-20-10-12-21(34-3)13-11-20/h5-16H,4,17H2,1-3H3,(H,30,32)(H,29,31,33)/b25-16+. The van der Waals surface area contributed by atoms with Crippen LogP contribution in [0.4, 0.5) is 11.4 Å². The molecule has 0 radical (unpaired) electrons. The first-order valence-electron chi connectivity index (χ1n) is 11.6. The molecule has 0 bridgehead atoms. The van der Waals surface area contributed by atoms with Crippen LogP contribution in [0.5, 0.6) is 17.2 Å². The number of nitrogens with one attached hydrogen (secondary N) is 2. The Balaban J connectivity index is 1.44. The molecule has 8 nitrogen and oxygen atoms in total. The van der Waals surface area contributed by atoms with Gasteiger partial charge >= 0.3 is 0 Å². The van der Waals surface area contributed by atoms with Crippen molar-refractivity contribution >= 4 is 46.2 Å². The molecule has 0 aliphatic carbocycles. The minimum atomic E-state index is -0.273. The van der Waals surface area contributed by atoms with Crippen molar-refractivity contribution in [3.8, 4) is 17.2 Å². The first-order valence-corrected chi connectivity index (χ1v) is 12.5. The van der Waals surface area contributed by atoms with Crippen LogP contribution in [-0.4, -0.2) is 37.3 Å². The van der Waals surface area contributed by atoms with Gasteiger partial charge < -0.3 is 24.8 Å². The van der Waals surface area contributed by atoms with Gasteiger partial charge in [-0.3, -0.25) is 9.59 Å². The number of rotatable bonds is 9. The number of amides is 2. The lowest BCUT2D eigenvalue weighted by molar-refractivity contribution is -0.118. The van der Waals surface area contributed by atoms with Gasteiger partial charge in [0.2, 0.25) is 0 Å². The summed E-state index contributed by atoms with van der Waals surface area (Å²) in [6.45, 7) is 4.04. The number of carbonyl (C=O) groups excluding carboxylic acids is 2. The van der Waals surface area contributed by atoms with Gasteiger partial charge in [0, 0.05) is 5.69 Å². The predicted molar refractivity (Wildman–Crippen MR) is 147 cm³/mol. The number of nitrogens with zero attached hydrogens (tertiary/aromatic N) is 1. The number of hydrogen-bond acceptors (Lipinski definition) is 7. The monoisotopic (exact) mass is 517 g/mol. The third-order valence-corrected chi connectivity index (χ3v) is 6.21. The van der Waals surface area contributed by atoms with Crippen LogP contribution in [0.15, 0.2) is 76.6 Å². The topological polar surface area (TPSA) is 98.2 Å². The normalized spacial score (nSPS) is 14.9. The molecule has 2 amide bonds. The molecule has 190 valence electrons. The fourth-order valence-electron chi connectivity index (χ4n) is 3.45. The van der Waals surface area contributed by atoms with Crippen molar-refractivity contribution in [2.45, 2.75) is 13.8 Å². The zero-order valence-corrected chi connectivity index (χ0v) is 21.6. The van der Waals surface area contributed by atoms with Crippen LogP contribution >= 0.6 is 11.8 Å². The number of carbonyl (C=O) groups is 2. The SMILES string of the molecule is CCOc1cc(/C=C2/SC(=Nc3ccc(OC)cc3)NC2=O)ccc1OCC(=O)Nc1ccccc1C. The highest BCUT2D eigenvalue weighted by Crippen LogP contribution is 2.33. The second-order valence-electron chi connectivity index (χ2n) is 7.97. The molecular formula is C28H27N3O5S. The van der Waals surface area contributed by atoms with Crippen LogP contribution in [0.1, 0.15) is 18.1 Å². The summed E-state index contributed by atoms with van der Waals surface area (Å²) < 4.78 is 16.6. The summed E-state index contributed by atoms with van der Waals surface area (Å²) in [6.07, 6.45) is 1.76. The lowest BCUT2D eigenvalue weighted by atomic mass is 10.2. The number of ether oxygens (including phenoxy) is 3.